The van der Waals surface area contributed by atoms with Crippen molar-refractivity contribution in [3.05, 3.63) is 60.2 Å². The third-order valence-corrected chi connectivity index (χ3v) is 9.26. The van der Waals surface area contributed by atoms with E-state index in [2.05, 4.69) is 31.2 Å². The molecule has 4 aromatic rings. The molecule has 0 fully saturated rings. The maximum Gasteiger partial charge on any atom is 0.127 e. The number of aromatic nitrogens is 1. The lowest BCUT2D eigenvalue weighted by molar-refractivity contribution is 0.589. The number of nitrogens with two attached hydrogens (primary N) is 1. The molecule has 1 unspecified atom stereocenters. The van der Waals surface area contributed by atoms with Gasteiger partial charge in [0.05, 0.1) is 20.5 Å². The van der Waals surface area contributed by atoms with E-state index in [0.717, 1.165) is 44.8 Å². The lowest BCUT2D eigenvalue weighted by Crippen LogP contribution is -2.02. The largest absolute Gasteiger partial charge is 0.808 e. The van der Waals surface area contributed by atoms with Crippen LogP contribution < -0.4 is 5.73 Å². The third-order valence-electron chi connectivity index (χ3n) is 4.64. The highest BCUT2D eigenvalue weighted by Gasteiger charge is 2.22. The van der Waals surface area contributed by atoms with E-state index in [1.165, 1.54) is 11.3 Å². The number of pyridine rings is 1. The maximum absolute atomic E-state index is 13.2. The summed E-state index contributed by atoms with van der Waals surface area (Å²) in [5.41, 5.74) is 9.98. The van der Waals surface area contributed by atoms with Crippen molar-refractivity contribution < 1.29 is 4.55 Å². The predicted molar refractivity (Wildman–Crippen MR) is 123 cm³/mol. The first-order valence-corrected chi connectivity index (χ1v) is 12.6. The summed E-state index contributed by atoms with van der Waals surface area (Å²) < 4.78 is 13.8. The SMILES string of the molecule is [CH]S([O-])(CCCC)c1sc2nc(-c3cccs3)cc(-c3ccccc3)c2c1N. The molecule has 0 aliphatic rings. The average molecular weight is 426 g/mol. The van der Waals surface area contributed by atoms with Gasteiger partial charge in [0.25, 0.3) is 0 Å². The van der Waals surface area contributed by atoms with Crippen LogP contribution in [0.3, 0.4) is 0 Å². The van der Waals surface area contributed by atoms with Crippen LogP contribution in [0.4, 0.5) is 5.69 Å². The van der Waals surface area contributed by atoms with Crippen LogP contribution in [0.15, 0.2) is 58.1 Å². The van der Waals surface area contributed by atoms with E-state index in [1.807, 2.05) is 29.6 Å². The van der Waals surface area contributed by atoms with Gasteiger partial charge < -0.3 is 10.3 Å². The van der Waals surface area contributed by atoms with Gasteiger partial charge in [-0.3, -0.25) is 10.3 Å². The van der Waals surface area contributed by atoms with Gasteiger partial charge in [-0.1, -0.05) is 49.7 Å². The van der Waals surface area contributed by atoms with Gasteiger partial charge in [0.15, 0.2) is 0 Å². The number of rotatable bonds is 6. The summed E-state index contributed by atoms with van der Waals surface area (Å²) in [6.45, 7) is 2.06. The zero-order chi connectivity index (χ0) is 19.7. The van der Waals surface area contributed by atoms with Crippen LogP contribution in [0.25, 0.3) is 31.9 Å². The van der Waals surface area contributed by atoms with Gasteiger partial charge in [0.2, 0.25) is 0 Å². The molecule has 1 aromatic carbocycles. The standard InChI is InChI=1S/C22H22N2OS3/c1-3-4-13-28(2,25)22-20(23)19-16(15-9-6-5-7-10-15)14-17(24-21(19)27-22)18-11-8-12-26-18/h2,5-12,14,25H,3-4,13,23H2,1H3/p-1. The van der Waals surface area contributed by atoms with Crippen molar-refractivity contribution in [1.82, 2.24) is 4.98 Å². The number of hydrogen-bond acceptors (Lipinski definition) is 5. The van der Waals surface area contributed by atoms with E-state index < -0.39 is 10.3 Å². The summed E-state index contributed by atoms with van der Waals surface area (Å²) in [4.78, 5) is 6.72. The van der Waals surface area contributed by atoms with Crippen LogP contribution >= 0.6 is 33.0 Å². The van der Waals surface area contributed by atoms with Gasteiger partial charge in [-0.2, -0.15) is 0 Å². The van der Waals surface area contributed by atoms with Crippen molar-refractivity contribution >= 4 is 48.9 Å². The monoisotopic (exact) mass is 425 g/mol. The van der Waals surface area contributed by atoms with Crippen LogP contribution in [0.1, 0.15) is 19.8 Å². The second-order valence-electron chi connectivity index (χ2n) is 6.67. The Morgan fingerprint density at radius 1 is 1.18 bits per heavy atom. The minimum absolute atomic E-state index is 0.443. The highest BCUT2D eigenvalue weighted by atomic mass is 32.3. The molecule has 0 saturated carbocycles. The van der Waals surface area contributed by atoms with E-state index in [1.54, 1.807) is 11.3 Å². The van der Waals surface area contributed by atoms with E-state index in [9.17, 15) is 4.55 Å². The highest BCUT2D eigenvalue weighted by molar-refractivity contribution is 8.31. The van der Waals surface area contributed by atoms with Crippen LogP contribution in [-0.2, 0) is 0 Å². The molecule has 3 nitrogen and oxygen atoms in total. The zero-order valence-corrected chi connectivity index (χ0v) is 18.0. The number of benzene rings is 1. The molecule has 3 heterocycles. The molecular formula is C22H21N2OS3-. The molecule has 144 valence electrons. The Hall–Kier alpha value is -1.86. The number of hydrogen-bond donors (Lipinski definition) is 1. The first kappa shape index (κ1) is 19.5. The van der Waals surface area contributed by atoms with Crippen molar-refractivity contribution in [2.75, 3.05) is 11.5 Å². The normalized spacial score (nSPS) is 14.8. The van der Waals surface area contributed by atoms with Crippen molar-refractivity contribution in [3.8, 4) is 21.7 Å². The molecule has 3 aromatic heterocycles. The maximum atomic E-state index is 13.2. The molecule has 0 bridgehead atoms. The Balaban J connectivity index is 1.97. The molecule has 0 aliphatic heterocycles. The van der Waals surface area contributed by atoms with Crippen molar-refractivity contribution in [2.24, 2.45) is 0 Å². The van der Waals surface area contributed by atoms with Gasteiger partial charge >= 0.3 is 0 Å². The zero-order valence-electron chi connectivity index (χ0n) is 15.6. The summed E-state index contributed by atoms with van der Waals surface area (Å²) >= 11 is 3.02. The number of thiophene rings is 2. The van der Waals surface area contributed by atoms with E-state index in [-0.39, 0.29) is 0 Å². The molecule has 28 heavy (non-hydrogen) atoms. The van der Waals surface area contributed by atoms with Crippen molar-refractivity contribution in [2.45, 2.75) is 24.0 Å². The average Bonchev–Trinajstić information content (AvgIpc) is 3.35. The lowest BCUT2D eigenvalue weighted by atomic mass is 10.0. The van der Waals surface area contributed by atoms with Crippen LogP contribution in [0, 0.1) is 6.26 Å². The van der Waals surface area contributed by atoms with Crippen LogP contribution in [-0.4, -0.2) is 15.3 Å². The van der Waals surface area contributed by atoms with Gasteiger partial charge in [0.1, 0.15) is 4.83 Å². The van der Waals surface area contributed by atoms with Crippen LogP contribution in [0.5, 0.6) is 0 Å². The topological polar surface area (TPSA) is 62.0 Å². The fraction of sp³-hybridized carbons (Fsp3) is 0.182. The second kappa shape index (κ2) is 7.87. The Morgan fingerprint density at radius 3 is 2.64 bits per heavy atom. The molecular weight excluding hydrogens is 404 g/mol. The third kappa shape index (κ3) is 3.57. The molecule has 0 amide bonds. The summed E-state index contributed by atoms with van der Waals surface area (Å²) in [5, 5.41) is 2.89. The van der Waals surface area contributed by atoms with Gasteiger partial charge in [-0.25, -0.2) is 4.98 Å². The summed E-state index contributed by atoms with van der Waals surface area (Å²) in [5.74, 6) is 0.443. The molecule has 2 N–H and O–H groups in total. The Kier molecular flexibility index (Phi) is 5.47. The number of unbranched alkanes of at least 4 members (excludes halogenated alkanes) is 1. The number of anilines is 1. The fourth-order valence-electron chi connectivity index (χ4n) is 3.20. The van der Waals surface area contributed by atoms with Crippen LogP contribution in [0.2, 0.25) is 0 Å². The number of nitrogen functional groups attached to an aromatic ring is 1. The summed E-state index contributed by atoms with van der Waals surface area (Å²) in [7, 11) is -2.67. The predicted octanol–water partition coefficient (Wildman–Crippen LogP) is 7.04. The van der Waals surface area contributed by atoms with Gasteiger partial charge in [0, 0.05) is 11.6 Å². The molecule has 0 saturated heterocycles. The van der Waals surface area contributed by atoms with E-state index in [0.29, 0.717) is 15.6 Å². The van der Waals surface area contributed by atoms with Crippen molar-refractivity contribution in [1.29, 1.82) is 0 Å². The van der Waals surface area contributed by atoms with Gasteiger partial charge in [-0.15, -0.1) is 22.7 Å². The second-order valence-corrected chi connectivity index (χ2v) is 11.1. The Labute approximate surface area is 175 Å². The molecule has 4 rings (SSSR count). The van der Waals surface area contributed by atoms with E-state index >= 15 is 0 Å². The van der Waals surface area contributed by atoms with E-state index in [4.69, 9.17) is 17.0 Å². The molecule has 0 aliphatic carbocycles. The highest BCUT2D eigenvalue weighted by Crippen LogP contribution is 2.59. The quantitative estimate of drug-likeness (QED) is 0.360. The van der Waals surface area contributed by atoms with Crippen molar-refractivity contribution in [3.63, 3.8) is 0 Å². The van der Waals surface area contributed by atoms with Gasteiger partial charge in [-0.05, 0) is 40.8 Å². The molecule has 0 spiro atoms. The molecule has 2 radical (unpaired) electrons. The first-order valence-electron chi connectivity index (χ1n) is 9.13. The Morgan fingerprint density at radius 2 is 1.96 bits per heavy atom. The smallest absolute Gasteiger partial charge is 0.127 e. The lowest BCUT2D eigenvalue weighted by Gasteiger charge is -2.42. The summed E-state index contributed by atoms with van der Waals surface area (Å²) in [6.07, 6.45) is 7.99. The number of nitrogens with zero attached hydrogens (tertiary/aromatic N) is 1. The minimum Gasteiger partial charge on any atom is -0.808 e. The minimum atomic E-state index is -2.67. The Bertz CT molecular complexity index is 1090. The fourth-order valence-corrected chi connectivity index (χ4v) is 7.17. The molecule has 6 heteroatoms. The summed E-state index contributed by atoms with van der Waals surface area (Å²) in [6, 6.07) is 16.2. The molecule has 1 atom stereocenters. The first-order chi connectivity index (χ1) is 13.5. The number of fused-ring (bicyclic) bond motifs is 1.